The highest BCUT2D eigenvalue weighted by molar-refractivity contribution is 5.71. The Labute approximate surface area is 244 Å². The molecule has 0 amide bonds. The molecule has 0 fully saturated rings. The Morgan fingerprint density at radius 3 is 1.98 bits per heavy atom. The van der Waals surface area contributed by atoms with Crippen molar-refractivity contribution in [1.82, 2.24) is 0 Å². The molecule has 1 N–H and O–H groups in total. The Morgan fingerprint density at radius 2 is 1.27 bits per heavy atom. The van der Waals surface area contributed by atoms with Gasteiger partial charge in [-0.25, -0.2) is 0 Å². The van der Waals surface area contributed by atoms with Crippen LogP contribution in [0.2, 0.25) is 0 Å². The average Bonchev–Trinajstić information content (AvgIpc) is 3.00. The van der Waals surface area contributed by atoms with Crippen molar-refractivity contribution in [1.29, 1.82) is 0 Å². The van der Waals surface area contributed by atoms with Gasteiger partial charge in [-0.05, 0) is 96.8 Å². The predicted octanol–water partition coefficient (Wildman–Crippen LogP) is 9.70. The fraction of sp³-hybridized carbons (Fsp3) is 0.333. The highest BCUT2D eigenvalue weighted by atomic mass is 16.7. The summed E-state index contributed by atoms with van der Waals surface area (Å²) in [7, 11) is 0. The molecule has 4 rings (SSSR count). The van der Waals surface area contributed by atoms with Crippen molar-refractivity contribution in [2.45, 2.75) is 65.6 Å². The first-order chi connectivity index (χ1) is 19.9. The molecule has 0 bridgehead atoms. The van der Waals surface area contributed by atoms with Gasteiger partial charge in [0.2, 0.25) is 0 Å². The Morgan fingerprint density at radius 1 is 0.634 bits per heavy atom. The molecule has 0 saturated carbocycles. The average molecular weight is 555 g/mol. The molecular formula is C36H42O5. The van der Waals surface area contributed by atoms with E-state index >= 15 is 0 Å². The normalized spacial score (nSPS) is 13.3. The van der Waals surface area contributed by atoms with Crippen LogP contribution in [-0.4, -0.2) is 24.6 Å². The van der Waals surface area contributed by atoms with Crippen LogP contribution in [0.5, 0.6) is 28.7 Å². The highest BCUT2D eigenvalue weighted by Crippen LogP contribution is 2.34. The lowest BCUT2D eigenvalue weighted by molar-refractivity contribution is -0.0739. The van der Waals surface area contributed by atoms with E-state index in [9.17, 15) is 5.11 Å². The molecule has 0 aliphatic rings. The molecule has 4 aromatic carbocycles. The van der Waals surface area contributed by atoms with Gasteiger partial charge in [-0.15, -0.1) is 0 Å². The molecule has 0 saturated heterocycles. The van der Waals surface area contributed by atoms with Crippen molar-refractivity contribution in [3.63, 3.8) is 0 Å². The van der Waals surface area contributed by atoms with Gasteiger partial charge in [0.05, 0.1) is 6.61 Å². The van der Waals surface area contributed by atoms with E-state index in [2.05, 4.69) is 45.9 Å². The zero-order chi connectivity index (χ0) is 29.2. The van der Waals surface area contributed by atoms with E-state index in [1.54, 1.807) is 6.07 Å². The third-order valence-electron chi connectivity index (χ3n) is 7.48. The van der Waals surface area contributed by atoms with E-state index in [1.807, 2.05) is 73.7 Å². The lowest BCUT2D eigenvalue weighted by Crippen LogP contribution is -2.19. The van der Waals surface area contributed by atoms with Crippen LogP contribution in [0.4, 0.5) is 0 Å². The summed E-state index contributed by atoms with van der Waals surface area (Å²) in [5.41, 5.74) is 4.30. The van der Waals surface area contributed by atoms with Crippen molar-refractivity contribution in [3.05, 3.63) is 102 Å². The third kappa shape index (κ3) is 8.51. The van der Waals surface area contributed by atoms with Crippen LogP contribution in [-0.2, 0) is 4.74 Å². The van der Waals surface area contributed by atoms with Gasteiger partial charge in [0, 0.05) is 11.6 Å². The van der Waals surface area contributed by atoms with Gasteiger partial charge >= 0.3 is 0 Å². The Hall–Kier alpha value is -3.96. The van der Waals surface area contributed by atoms with Crippen LogP contribution in [0.25, 0.3) is 11.1 Å². The van der Waals surface area contributed by atoms with Gasteiger partial charge in [0.15, 0.2) is 6.29 Å². The number of phenols is 1. The van der Waals surface area contributed by atoms with Crippen molar-refractivity contribution in [2.75, 3.05) is 13.2 Å². The third-order valence-corrected chi connectivity index (χ3v) is 7.48. The van der Waals surface area contributed by atoms with Crippen LogP contribution in [0.3, 0.4) is 0 Å². The molecule has 0 aromatic heterocycles. The molecule has 3 unspecified atom stereocenters. The Bertz CT molecular complexity index is 1360. The molecule has 4 aromatic rings. The summed E-state index contributed by atoms with van der Waals surface area (Å²) in [6.07, 6.45) is 1.78. The first-order valence-electron chi connectivity index (χ1n) is 14.6. The summed E-state index contributed by atoms with van der Waals surface area (Å²) in [5.74, 6) is 4.12. The SMILES string of the molecule is CCC(C)c1ccc(OC(C)OCCOc2cccc(Oc3ccc(-c4cc(C(C)CC)ccc4O)cc3)c2)cc1. The molecule has 0 radical (unpaired) electrons. The van der Waals surface area contributed by atoms with Gasteiger partial charge in [-0.3, -0.25) is 0 Å². The predicted molar refractivity (Wildman–Crippen MR) is 165 cm³/mol. The zero-order valence-electron chi connectivity index (χ0n) is 24.8. The van der Waals surface area contributed by atoms with Crippen LogP contribution in [0.1, 0.15) is 70.4 Å². The first-order valence-corrected chi connectivity index (χ1v) is 14.6. The van der Waals surface area contributed by atoms with E-state index < -0.39 is 0 Å². The van der Waals surface area contributed by atoms with E-state index in [4.69, 9.17) is 18.9 Å². The van der Waals surface area contributed by atoms with Gasteiger partial charge in [0.25, 0.3) is 0 Å². The van der Waals surface area contributed by atoms with Crippen molar-refractivity contribution in [2.24, 2.45) is 0 Å². The number of phenolic OH excluding ortho intramolecular Hbond substituents is 1. The molecular weight excluding hydrogens is 512 g/mol. The van der Waals surface area contributed by atoms with Crippen LogP contribution >= 0.6 is 0 Å². The van der Waals surface area contributed by atoms with Gasteiger partial charge in [-0.2, -0.15) is 0 Å². The largest absolute Gasteiger partial charge is 0.507 e. The number of aromatic hydroxyl groups is 1. The molecule has 5 heteroatoms. The van der Waals surface area contributed by atoms with Crippen molar-refractivity contribution in [3.8, 4) is 39.9 Å². The van der Waals surface area contributed by atoms with Gasteiger partial charge in [-0.1, -0.05) is 64.1 Å². The minimum atomic E-state index is -0.384. The number of rotatable bonds is 14. The second kappa shape index (κ2) is 14.6. The molecule has 5 nitrogen and oxygen atoms in total. The molecule has 0 spiro atoms. The highest BCUT2D eigenvalue weighted by Gasteiger charge is 2.11. The first kappa shape index (κ1) is 30.0. The second-order valence-electron chi connectivity index (χ2n) is 10.5. The quantitative estimate of drug-likeness (QED) is 0.124. The van der Waals surface area contributed by atoms with E-state index in [0.717, 1.165) is 29.7 Å². The van der Waals surface area contributed by atoms with Crippen molar-refractivity contribution < 1.29 is 24.1 Å². The van der Waals surface area contributed by atoms with Crippen LogP contribution in [0.15, 0.2) is 91.0 Å². The van der Waals surface area contributed by atoms with Crippen LogP contribution in [0, 0.1) is 0 Å². The van der Waals surface area contributed by atoms with E-state index in [0.29, 0.717) is 42.3 Å². The molecule has 0 aliphatic carbocycles. The maximum Gasteiger partial charge on any atom is 0.197 e. The number of ether oxygens (including phenoxy) is 4. The summed E-state index contributed by atoms with van der Waals surface area (Å²) in [6, 6.07) is 29.3. The second-order valence-corrected chi connectivity index (χ2v) is 10.5. The summed E-state index contributed by atoms with van der Waals surface area (Å²) < 4.78 is 23.6. The topological polar surface area (TPSA) is 57.2 Å². The van der Waals surface area contributed by atoms with E-state index in [1.165, 1.54) is 11.1 Å². The minimum absolute atomic E-state index is 0.274. The maximum atomic E-state index is 10.4. The molecule has 0 aliphatic heterocycles. The lowest BCUT2D eigenvalue weighted by Gasteiger charge is -2.17. The smallest absolute Gasteiger partial charge is 0.197 e. The van der Waals surface area contributed by atoms with Gasteiger partial charge < -0.3 is 24.1 Å². The Kier molecular flexibility index (Phi) is 10.7. The summed E-state index contributed by atoms with van der Waals surface area (Å²) in [5, 5.41) is 10.4. The molecule has 216 valence electrons. The summed E-state index contributed by atoms with van der Waals surface area (Å²) in [4.78, 5) is 0. The summed E-state index contributed by atoms with van der Waals surface area (Å²) in [6.45, 7) is 11.4. The molecule has 0 heterocycles. The van der Waals surface area contributed by atoms with Crippen LogP contribution < -0.4 is 14.2 Å². The Balaban J connectivity index is 1.26. The minimum Gasteiger partial charge on any atom is -0.507 e. The summed E-state index contributed by atoms with van der Waals surface area (Å²) >= 11 is 0. The maximum absolute atomic E-state index is 10.4. The standard InChI is InChI=1S/C36H42O5/c1-6-25(3)28-11-16-31(17-12-28)40-27(5)38-21-22-39-33-9-8-10-34(24-33)41-32-18-13-29(14-19-32)35-23-30(26(4)7-2)15-20-36(35)37/h8-20,23-27,37H,6-7,21-22H2,1-5H3. The number of hydrogen-bond acceptors (Lipinski definition) is 5. The van der Waals surface area contributed by atoms with E-state index in [-0.39, 0.29) is 12.0 Å². The van der Waals surface area contributed by atoms with Crippen molar-refractivity contribution >= 4 is 0 Å². The number of hydrogen-bond donors (Lipinski definition) is 1. The fourth-order valence-electron chi connectivity index (χ4n) is 4.50. The number of benzene rings is 4. The monoisotopic (exact) mass is 554 g/mol. The molecule has 3 atom stereocenters. The lowest BCUT2D eigenvalue weighted by atomic mass is 9.94. The fourth-order valence-corrected chi connectivity index (χ4v) is 4.50. The molecule has 41 heavy (non-hydrogen) atoms. The zero-order valence-corrected chi connectivity index (χ0v) is 24.8. The van der Waals surface area contributed by atoms with Gasteiger partial charge in [0.1, 0.15) is 35.4 Å².